The van der Waals surface area contributed by atoms with E-state index in [1.165, 1.54) is 6.20 Å². The third-order valence-electron chi connectivity index (χ3n) is 4.00. The van der Waals surface area contributed by atoms with Gasteiger partial charge in [-0.05, 0) is 25.8 Å². The van der Waals surface area contributed by atoms with Crippen molar-refractivity contribution in [2.24, 2.45) is 0 Å². The van der Waals surface area contributed by atoms with Gasteiger partial charge in [0.25, 0.3) is 0 Å². The van der Waals surface area contributed by atoms with Crippen molar-refractivity contribution in [3.8, 4) is 0 Å². The average Bonchev–Trinajstić information content (AvgIpc) is 2.55. The molecule has 1 saturated heterocycles. The number of aryl methyl sites for hydroxylation is 1. The number of halogens is 1. The Hall–Kier alpha value is -2.32. The maximum absolute atomic E-state index is 14.4. The van der Waals surface area contributed by atoms with Crippen LogP contribution in [0.4, 0.5) is 4.39 Å². The number of pyridine rings is 2. The molecule has 0 amide bonds. The van der Waals surface area contributed by atoms with Gasteiger partial charge in [-0.1, -0.05) is 0 Å². The van der Waals surface area contributed by atoms with Crippen molar-refractivity contribution in [1.29, 1.82) is 0 Å². The first-order valence-electron chi connectivity index (χ1n) is 7.48. The van der Waals surface area contributed by atoms with Gasteiger partial charge in [-0.25, -0.2) is 19.6 Å². The predicted octanol–water partition coefficient (Wildman–Crippen LogP) is 1.18. The minimum Gasteiger partial charge on any atom is -0.477 e. The Morgan fingerprint density at radius 2 is 2.35 bits per heavy atom. The fourth-order valence-electron chi connectivity index (χ4n) is 2.80. The van der Waals surface area contributed by atoms with Gasteiger partial charge in [0, 0.05) is 19.3 Å². The molecule has 0 spiro atoms. The lowest BCUT2D eigenvalue weighted by atomic mass is 10.0. The molecule has 122 valence electrons. The number of hydrogen-bond acceptors (Lipinski definition) is 5. The number of hydrogen-bond donors (Lipinski definition) is 3. The van der Waals surface area contributed by atoms with Crippen LogP contribution in [-0.4, -0.2) is 27.2 Å². The molecule has 23 heavy (non-hydrogen) atoms. The molecule has 3 N–H and O–H groups in total. The van der Waals surface area contributed by atoms with E-state index in [2.05, 4.69) is 15.8 Å². The third kappa shape index (κ3) is 2.71. The first-order valence-corrected chi connectivity index (χ1v) is 7.48. The predicted molar refractivity (Wildman–Crippen MR) is 81.7 cm³/mol. The summed E-state index contributed by atoms with van der Waals surface area (Å²) in [6.07, 6.45) is 2.87. The SMILES string of the molecule is CCn1cc(C(=O)O)c(=O)c2cc(F)c(C3CCCNN3)nc21. The highest BCUT2D eigenvalue weighted by molar-refractivity contribution is 5.91. The highest BCUT2D eigenvalue weighted by Gasteiger charge is 2.23. The standard InChI is InChI=1S/C15H17FN4O3/c1-2-20-7-9(15(22)23)13(21)8-6-10(16)12(18-14(8)20)11-4-3-5-17-19-11/h6-7,11,17,19H,2-5H2,1H3,(H,22,23). The van der Waals surface area contributed by atoms with Gasteiger partial charge < -0.3 is 9.67 Å². The zero-order valence-electron chi connectivity index (χ0n) is 12.6. The first kappa shape index (κ1) is 15.6. The summed E-state index contributed by atoms with van der Waals surface area (Å²) in [6, 6.07) is 0.808. The zero-order chi connectivity index (χ0) is 16.6. The van der Waals surface area contributed by atoms with E-state index in [9.17, 15) is 14.0 Å². The van der Waals surface area contributed by atoms with Crippen LogP contribution in [0.2, 0.25) is 0 Å². The molecule has 7 nitrogen and oxygen atoms in total. The highest BCUT2D eigenvalue weighted by Crippen LogP contribution is 2.23. The Morgan fingerprint density at radius 3 is 2.96 bits per heavy atom. The second-order valence-electron chi connectivity index (χ2n) is 5.46. The van der Waals surface area contributed by atoms with Crippen molar-refractivity contribution in [1.82, 2.24) is 20.4 Å². The van der Waals surface area contributed by atoms with Crippen LogP contribution in [0.1, 0.15) is 41.9 Å². The fourth-order valence-corrected chi connectivity index (χ4v) is 2.80. The van der Waals surface area contributed by atoms with E-state index in [-0.39, 0.29) is 22.7 Å². The fraction of sp³-hybridized carbons (Fsp3) is 0.400. The minimum absolute atomic E-state index is 0.0169. The molecule has 0 bridgehead atoms. The summed E-state index contributed by atoms with van der Waals surface area (Å²) in [5.41, 5.74) is 5.39. The number of carboxylic acids is 1. The van der Waals surface area contributed by atoms with E-state index >= 15 is 0 Å². The number of carboxylic acid groups (broad SMARTS) is 1. The van der Waals surface area contributed by atoms with Gasteiger partial charge in [0.1, 0.15) is 17.0 Å². The first-order chi connectivity index (χ1) is 11.0. The molecule has 2 aromatic heterocycles. The summed E-state index contributed by atoms with van der Waals surface area (Å²) in [5, 5.41) is 9.11. The Balaban J connectivity index is 2.24. The third-order valence-corrected chi connectivity index (χ3v) is 4.00. The van der Waals surface area contributed by atoms with Crippen molar-refractivity contribution in [2.75, 3.05) is 6.54 Å². The van der Waals surface area contributed by atoms with Crippen LogP contribution >= 0.6 is 0 Å². The number of carbonyl (C=O) groups is 1. The monoisotopic (exact) mass is 320 g/mol. The Bertz CT molecular complexity index is 828. The molecule has 1 aliphatic rings. The molecule has 8 heteroatoms. The molecular weight excluding hydrogens is 303 g/mol. The molecule has 0 radical (unpaired) electrons. The number of aromatic carboxylic acids is 1. The van der Waals surface area contributed by atoms with Crippen LogP contribution < -0.4 is 16.3 Å². The van der Waals surface area contributed by atoms with Crippen LogP contribution in [0, 0.1) is 5.82 Å². The van der Waals surface area contributed by atoms with Crippen molar-refractivity contribution >= 4 is 17.0 Å². The Labute approximate surface area is 131 Å². The highest BCUT2D eigenvalue weighted by atomic mass is 19.1. The summed E-state index contributed by atoms with van der Waals surface area (Å²) in [5.74, 6) is -1.94. The van der Waals surface area contributed by atoms with E-state index in [0.717, 1.165) is 25.5 Å². The van der Waals surface area contributed by atoms with Crippen LogP contribution in [-0.2, 0) is 6.54 Å². The van der Waals surface area contributed by atoms with Crippen molar-refractivity contribution in [3.63, 3.8) is 0 Å². The Kier molecular flexibility index (Phi) is 4.10. The molecular formula is C15H17FN4O3. The van der Waals surface area contributed by atoms with Gasteiger partial charge in [0.05, 0.1) is 17.1 Å². The largest absolute Gasteiger partial charge is 0.477 e. The smallest absolute Gasteiger partial charge is 0.341 e. The topological polar surface area (TPSA) is 96.2 Å². The molecule has 1 atom stereocenters. The van der Waals surface area contributed by atoms with Crippen LogP contribution in [0.3, 0.4) is 0 Å². The van der Waals surface area contributed by atoms with E-state index in [1.54, 1.807) is 11.5 Å². The molecule has 1 fully saturated rings. The molecule has 1 aliphatic heterocycles. The summed E-state index contributed by atoms with van der Waals surface area (Å²) >= 11 is 0. The second-order valence-corrected chi connectivity index (χ2v) is 5.46. The maximum Gasteiger partial charge on any atom is 0.341 e. The van der Waals surface area contributed by atoms with E-state index in [1.807, 2.05) is 0 Å². The van der Waals surface area contributed by atoms with Crippen LogP contribution in [0.5, 0.6) is 0 Å². The lowest BCUT2D eigenvalue weighted by molar-refractivity contribution is 0.0695. The normalized spacial score (nSPS) is 18.3. The van der Waals surface area contributed by atoms with Crippen LogP contribution in [0.15, 0.2) is 17.1 Å². The summed E-state index contributed by atoms with van der Waals surface area (Å²) < 4.78 is 16.0. The van der Waals surface area contributed by atoms with Crippen molar-refractivity contribution in [3.05, 3.63) is 39.6 Å². The second kappa shape index (κ2) is 6.05. The average molecular weight is 320 g/mol. The van der Waals surface area contributed by atoms with E-state index in [4.69, 9.17) is 5.11 Å². The molecule has 3 rings (SSSR count). The van der Waals surface area contributed by atoms with Gasteiger partial charge >= 0.3 is 5.97 Å². The zero-order valence-corrected chi connectivity index (χ0v) is 12.6. The number of aromatic nitrogens is 2. The summed E-state index contributed by atoms with van der Waals surface area (Å²) in [7, 11) is 0. The summed E-state index contributed by atoms with van der Waals surface area (Å²) in [4.78, 5) is 27.8. The minimum atomic E-state index is -1.33. The number of hydrazine groups is 1. The van der Waals surface area contributed by atoms with Crippen LogP contribution in [0.25, 0.3) is 11.0 Å². The molecule has 3 heterocycles. The van der Waals surface area contributed by atoms with Crippen molar-refractivity contribution < 1.29 is 14.3 Å². The lowest BCUT2D eigenvalue weighted by Crippen LogP contribution is -2.41. The number of fused-ring (bicyclic) bond motifs is 1. The van der Waals surface area contributed by atoms with Gasteiger partial charge in [-0.3, -0.25) is 10.2 Å². The maximum atomic E-state index is 14.4. The Morgan fingerprint density at radius 1 is 1.57 bits per heavy atom. The van der Waals surface area contributed by atoms with E-state index in [0.29, 0.717) is 12.2 Å². The number of rotatable bonds is 3. The summed E-state index contributed by atoms with van der Waals surface area (Å²) in [6.45, 7) is 3.03. The number of nitrogens with one attached hydrogen (secondary N) is 2. The lowest BCUT2D eigenvalue weighted by Gasteiger charge is -2.24. The quantitative estimate of drug-likeness (QED) is 0.786. The molecule has 0 saturated carbocycles. The van der Waals surface area contributed by atoms with E-state index < -0.39 is 17.2 Å². The van der Waals surface area contributed by atoms with Gasteiger partial charge in [0.2, 0.25) is 5.43 Å². The molecule has 1 unspecified atom stereocenters. The molecule has 0 aliphatic carbocycles. The van der Waals surface area contributed by atoms with Gasteiger partial charge in [0.15, 0.2) is 0 Å². The number of nitrogens with zero attached hydrogens (tertiary/aromatic N) is 2. The molecule has 0 aromatic carbocycles. The molecule has 2 aromatic rings. The van der Waals surface area contributed by atoms with Gasteiger partial charge in [-0.15, -0.1) is 0 Å². The van der Waals surface area contributed by atoms with Gasteiger partial charge in [-0.2, -0.15) is 0 Å². The van der Waals surface area contributed by atoms with Crippen molar-refractivity contribution in [2.45, 2.75) is 32.4 Å².